The maximum atomic E-state index is 10.5. The van der Waals surface area contributed by atoms with Gasteiger partial charge in [0.25, 0.3) is 5.69 Å². The molecule has 0 atom stereocenters. The first-order valence-corrected chi connectivity index (χ1v) is 5.62. The van der Waals surface area contributed by atoms with Gasteiger partial charge in [-0.15, -0.1) is 0 Å². The van der Waals surface area contributed by atoms with Crippen LogP contribution in [0.5, 0.6) is 0 Å². The normalized spacial score (nSPS) is 10.8. The zero-order valence-electron chi connectivity index (χ0n) is 10.6. The van der Waals surface area contributed by atoms with E-state index in [0.717, 1.165) is 5.88 Å². The first-order valence-electron chi connectivity index (χ1n) is 5.62. The van der Waals surface area contributed by atoms with Gasteiger partial charge in [0.2, 0.25) is 0 Å². The third-order valence-corrected chi connectivity index (χ3v) is 2.45. The molecule has 0 fully saturated rings. The molecule has 1 aromatic heterocycles. The van der Waals surface area contributed by atoms with Gasteiger partial charge in [-0.05, 0) is 18.2 Å². The van der Waals surface area contributed by atoms with Gasteiger partial charge in [-0.25, -0.2) is 0 Å². The van der Waals surface area contributed by atoms with Crippen molar-refractivity contribution in [3.8, 4) is 0 Å². The quantitative estimate of drug-likeness (QED) is 0.480. The summed E-state index contributed by atoms with van der Waals surface area (Å²) in [5, 5.41) is 10.5. The second kappa shape index (κ2) is 5.34. The summed E-state index contributed by atoms with van der Waals surface area (Å²) < 4.78 is 5.50. The van der Waals surface area contributed by atoms with Crippen molar-refractivity contribution in [2.75, 3.05) is 19.0 Å². The molecule has 0 amide bonds. The number of aliphatic imine (C=N–C) groups is 1. The monoisotopic (exact) mass is 259 g/mol. The number of nitro groups is 1. The van der Waals surface area contributed by atoms with Crippen LogP contribution >= 0.6 is 0 Å². The van der Waals surface area contributed by atoms with E-state index in [1.807, 2.05) is 31.1 Å². The molecule has 0 aliphatic rings. The minimum Gasteiger partial charge on any atom is -0.440 e. The Hall–Kier alpha value is -2.63. The molecule has 0 aliphatic carbocycles. The molecule has 1 aromatic carbocycles. The summed E-state index contributed by atoms with van der Waals surface area (Å²) in [5.41, 5.74) is 0.681. The van der Waals surface area contributed by atoms with Crippen molar-refractivity contribution < 1.29 is 9.34 Å². The highest BCUT2D eigenvalue weighted by atomic mass is 16.6. The molecule has 98 valence electrons. The van der Waals surface area contributed by atoms with Gasteiger partial charge in [0.1, 0.15) is 5.76 Å². The molecule has 2 rings (SSSR count). The zero-order valence-corrected chi connectivity index (χ0v) is 10.6. The molecule has 0 aliphatic heterocycles. The number of nitro benzene ring substituents is 1. The smallest absolute Gasteiger partial charge is 0.269 e. The van der Waals surface area contributed by atoms with Gasteiger partial charge >= 0.3 is 0 Å². The van der Waals surface area contributed by atoms with E-state index in [4.69, 9.17) is 4.42 Å². The van der Waals surface area contributed by atoms with Crippen molar-refractivity contribution in [3.63, 3.8) is 0 Å². The van der Waals surface area contributed by atoms with Crippen LogP contribution < -0.4 is 4.90 Å². The lowest BCUT2D eigenvalue weighted by Crippen LogP contribution is -2.06. The van der Waals surface area contributed by atoms with Crippen LogP contribution in [0.1, 0.15) is 5.76 Å². The van der Waals surface area contributed by atoms with Crippen molar-refractivity contribution in [3.05, 3.63) is 52.3 Å². The van der Waals surface area contributed by atoms with Crippen LogP contribution in [0.3, 0.4) is 0 Å². The fourth-order valence-corrected chi connectivity index (χ4v) is 1.45. The van der Waals surface area contributed by atoms with Crippen LogP contribution in [0, 0.1) is 10.1 Å². The number of nitrogens with zero attached hydrogens (tertiary/aromatic N) is 3. The summed E-state index contributed by atoms with van der Waals surface area (Å²) in [6.07, 6.45) is 1.58. The fraction of sp³-hybridized carbons (Fsp3) is 0.154. The van der Waals surface area contributed by atoms with Gasteiger partial charge in [0, 0.05) is 32.3 Å². The molecule has 0 saturated heterocycles. The SMILES string of the molecule is CN(C)c1ccc(C=Nc2ccc([N+](=O)[O-])cc2)o1. The van der Waals surface area contributed by atoms with Crippen molar-refractivity contribution in [1.29, 1.82) is 0 Å². The lowest BCUT2D eigenvalue weighted by Gasteiger charge is -2.05. The Bertz CT molecular complexity index is 600. The highest BCUT2D eigenvalue weighted by Crippen LogP contribution is 2.19. The maximum Gasteiger partial charge on any atom is 0.269 e. The van der Waals surface area contributed by atoms with E-state index < -0.39 is 4.92 Å². The lowest BCUT2D eigenvalue weighted by atomic mass is 10.3. The van der Waals surface area contributed by atoms with Crippen molar-refractivity contribution >= 4 is 23.5 Å². The second-order valence-electron chi connectivity index (χ2n) is 4.10. The number of anilines is 1. The molecule has 6 nitrogen and oxygen atoms in total. The third kappa shape index (κ3) is 3.19. The van der Waals surface area contributed by atoms with Crippen LogP contribution in [-0.4, -0.2) is 25.2 Å². The topological polar surface area (TPSA) is 71.9 Å². The first-order chi connectivity index (χ1) is 9.06. The minimum atomic E-state index is -0.441. The summed E-state index contributed by atoms with van der Waals surface area (Å²) in [5.74, 6) is 1.37. The van der Waals surface area contributed by atoms with Gasteiger partial charge in [-0.2, -0.15) is 0 Å². The number of benzene rings is 1. The van der Waals surface area contributed by atoms with Gasteiger partial charge in [0.15, 0.2) is 5.88 Å². The van der Waals surface area contributed by atoms with E-state index in [-0.39, 0.29) is 5.69 Å². The van der Waals surface area contributed by atoms with E-state index in [0.29, 0.717) is 11.4 Å². The number of furan rings is 1. The van der Waals surface area contributed by atoms with Gasteiger partial charge in [0.05, 0.1) is 16.8 Å². The second-order valence-corrected chi connectivity index (χ2v) is 4.10. The molecule has 0 radical (unpaired) electrons. The summed E-state index contributed by atoms with van der Waals surface area (Å²) >= 11 is 0. The molecule has 0 spiro atoms. The summed E-state index contributed by atoms with van der Waals surface area (Å²) in [6, 6.07) is 9.66. The molecule has 0 N–H and O–H groups in total. The Morgan fingerprint density at radius 3 is 2.42 bits per heavy atom. The first kappa shape index (κ1) is 12.8. The molecule has 0 bridgehead atoms. The highest BCUT2D eigenvalue weighted by molar-refractivity contribution is 5.79. The molecule has 1 heterocycles. The Labute approximate surface area is 110 Å². The molecule has 0 unspecified atom stereocenters. The lowest BCUT2D eigenvalue weighted by molar-refractivity contribution is -0.384. The van der Waals surface area contributed by atoms with E-state index in [1.165, 1.54) is 12.1 Å². The standard InChI is InChI=1S/C13H13N3O3/c1-15(2)13-8-7-12(19-13)9-14-10-3-5-11(6-4-10)16(17)18/h3-9H,1-2H3. The Morgan fingerprint density at radius 1 is 1.21 bits per heavy atom. The van der Waals surface area contributed by atoms with Crippen LogP contribution in [-0.2, 0) is 0 Å². The molecule has 19 heavy (non-hydrogen) atoms. The number of rotatable bonds is 4. The summed E-state index contributed by atoms with van der Waals surface area (Å²) in [4.78, 5) is 16.1. The molecule has 6 heteroatoms. The van der Waals surface area contributed by atoms with Gasteiger partial charge < -0.3 is 9.32 Å². The van der Waals surface area contributed by atoms with Crippen LogP contribution in [0.25, 0.3) is 0 Å². The predicted molar refractivity (Wildman–Crippen MR) is 73.4 cm³/mol. The van der Waals surface area contributed by atoms with Crippen LogP contribution in [0.2, 0.25) is 0 Å². The third-order valence-electron chi connectivity index (χ3n) is 2.45. The van der Waals surface area contributed by atoms with Crippen molar-refractivity contribution in [2.45, 2.75) is 0 Å². The van der Waals surface area contributed by atoms with E-state index in [9.17, 15) is 10.1 Å². The average Bonchev–Trinajstić information content (AvgIpc) is 2.86. The van der Waals surface area contributed by atoms with Crippen molar-refractivity contribution in [2.24, 2.45) is 4.99 Å². The van der Waals surface area contributed by atoms with Crippen LogP contribution in [0.4, 0.5) is 17.3 Å². The van der Waals surface area contributed by atoms with E-state index in [1.54, 1.807) is 18.3 Å². The van der Waals surface area contributed by atoms with Crippen LogP contribution in [0.15, 0.2) is 45.8 Å². The highest BCUT2D eigenvalue weighted by Gasteiger charge is 2.03. The maximum absolute atomic E-state index is 10.5. The summed E-state index contributed by atoms with van der Waals surface area (Å²) in [6.45, 7) is 0. The van der Waals surface area contributed by atoms with Crippen molar-refractivity contribution in [1.82, 2.24) is 0 Å². The Morgan fingerprint density at radius 2 is 1.89 bits per heavy atom. The Balaban J connectivity index is 2.11. The predicted octanol–water partition coefficient (Wildman–Crippen LogP) is 3.00. The Kier molecular flexibility index (Phi) is 3.61. The number of non-ortho nitro benzene ring substituents is 1. The zero-order chi connectivity index (χ0) is 13.8. The van der Waals surface area contributed by atoms with Gasteiger partial charge in [-0.3, -0.25) is 15.1 Å². The van der Waals surface area contributed by atoms with E-state index >= 15 is 0 Å². The molecular weight excluding hydrogens is 246 g/mol. The minimum absolute atomic E-state index is 0.0480. The number of hydrogen-bond donors (Lipinski definition) is 0. The van der Waals surface area contributed by atoms with Gasteiger partial charge in [-0.1, -0.05) is 0 Å². The number of hydrogen-bond acceptors (Lipinski definition) is 5. The fourth-order valence-electron chi connectivity index (χ4n) is 1.45. The van der Waals surface area contributed by atoms with E-state index in [2.05, 4.69) is 4.99 Å². The summed E-state index contributed by atoms with van der Waals surface area (Å²) in [7, 11) is 3.77. The molecule has 2 aromatic rings. The molecular formula is C13H13N3O3. The largest absolute Gasteiger partial charge is 0.440 e. The average molecular weight is 259 g/mol. The molecule has 0 saturated carbocycles.